The van der Waals surface area contributed by atoms with E-state index in [-0.39, 0.29) is 11.4 Å². The second kappa shape index (κ2) is 9.69. The Morgan fingerprint density at radius 1 is 1.00 bits per heavy atom. The number of hydrogen-bond donors (Lipinski definition) is 3. The van der Waals surface area contributed by atoms with Gasteiger partial charge in [-0.15, -0.1) is 0 Å². The maximum absolute atomic E-state index is 13.0. The summed E-state index contributed by atoms with van der Waals surface area (Å²) in [5, 5.41) is 9.95. The van der Waals surface area contributed by atoms with Crippen molar-refractivity contribution < 1.29 is 23.1 Å². The van der Waals surface area contributed by atoms with Crippen LogP contribution in [-0.2, 0) is 14.8 Å². The number of carbonyl (C=O) groups is 2. The van der Waals surface area contributed by atoms with Crippen LogP contribution in [0, 0.1) is 0 Å². The molecule has 37 heavy (non-hydrogen) atoms. The van der Waals surface area contributed by atoms with Gasteiger partial charge >= 0.3 is 5.97 Å². The van der Waals surface area contributed by atoms with E-state index in [0.29, 0.717) is 35.0 Å². The molecule has 11 heteroatoms. The van der Waals surface area contributed by atoms with Gasteiger partial charge in [0.15, 0.2) is 0 Å². The molecule has 5 rings (SSSR count). The van der Waals surface area contributed by atoms with Gasteiger partial charge in [-0.3, -0.25) is 20.0 Å². The van der Waals surface area contributed by atoms with Crippen molar-refractivity contribution in [3.63, 3.8) is 0 Å². The lowest BCUT2D eigenvalue weighted by Crippen LogP contribution is -2.40. The number of rotatable bonds is 6. The number of nitrogen functional groups attached to an aromatic ring is 1. The summed E-state index contributed by atoms with van der Waals surface area (Å²) in [4.78, 5) is 32.5. The van der Waals surface area contributed by atoms with Crippen molar-refractivity contribution in [1.82, 2.24) is 19.7 Å². The first-order valence-corrected chi connectivity index (χ1v) is 12.9. The standard InChI is InChI=1S/C26H23N5O5S/c27-30-25(32)20-14-23(29-22-11-12-28-15-21(20)22)18-5-3-16(4-6-18)17-7-9-19(10-8-17)37(35,36)31-13-1-2-24(31)26(33)34/h3-12,14-15,24H,1-2,13,27H2,(H,30,32)(H,33,34). The first kappa shape index (κ1) is 24.5. The number of nitrogens with two attached hydrogens (primary N) is 1. The smallest absolute Gasteiger partial charge is 0.322 e. The highest BCUT2D eigenvalue weighted by molar-refractivity contribution is 7.89. The minimum absolute atomic E-state index is 0.0570. The number of aromatic nitrogens is 2. The fourth-order valence-electron chi connectivity index (χ4n) is 4.54. The molecule has 188 valence electrons. The molecule has 10 nitrogen and oxygen atoms in total. The number of hydrazine groups is 1. The topological polar surface area (TPSA) is 156 Å². The number of pyridine rings is 2. The Labute approximate surface area is 212 Å². The van der Waals surface area contributed by atoms with Crippen LogP contribution in [0.1, 0.15) is 23.2 Å². The summed E-state index contributed by atoms with van der Waals surface area (Å²) in [5.74, 6) is 3.77. The SMILES string of the molecule is NNC(=O)c1cc(-c2ccc(-c3ccc(S(=O)(=O)N4CCCC4C(=O)O)cc3)cc2)nc2ccncc12. The van der Waals surface area contributed by atoms with Gasteiger partial charge in [0.2, 0.25) is 10.0 Å². The van der Waals surface area contributed by atoms with Gasteiger partial charge in [-0.25, -0.2) is 19.2 Å². The molecule has 3 heterocycles. The van der Waals surface area contributed by atoms with Gasteiger partial charge in [-0.05, 0) is 48.2 Å². The fraction of sp³-hybridized carbons (Fsp3) is 0.154. The lowest BCUT2D eigenvalue weighted by molar-refractivity contribution is -0.140. The summed E-state index contributed by atoms with van der Waals surface area (Å²) in [6.07, 6.45) is 3.99. The quantitative estimate of drug-likeness (QED) is 0.200. The van der Waals surface area contributed by atoms with E-state index in [2.05, 4.69) is 15.4 Å². The van der Waals surface area contributed by atoms with Crippen LogP contribution in [0.3, 0.4) is 0 Å². The van der Waals surface area contributed by atoms with E-state index in [1.807, 2.05) is 24.3 Å². The average molecular weight is 518 g/mol. The van der Waals surface area contributed by atoms with Crippen molar-refractivity contribution >= 4 is 32.8 Å². The largest absolute Gasteiger partial charge is 0.480 e. The van der Waals surface area contributed by atoms with E-state index in [4.69, 9.17) is 5.84 Å². The molecule has 1 saturated heterocycles. The Balaban J connectivity index is 1.42. The molecule has 1 atom stereocenters. The highest BCUT2D eigenvalue weighted by Gasteiger charge is 2.39. The van der Waals surface area contributed by atoms with E-state index in [1.165, 1.54) is 12.1 Å². The number of carboxylic acid groups (broad SMARTS) is 1. The van der Waals surface area contributed by atoms with Crippen molar-refractivity contribution in [2.45, 2.75) is 23.8 Å². The van der Waals surface area contributed by atoms with E-state index < -0.39 is 27.9 Å². The number of benzene rings is 2. The minimum Gasteiger partial charge on any atom is -0.480 e. The van der Waals surface area contributed by atoms with Gasteiger partial charge in [0, 0.05) is 29.9 Å². The molecule has 1 aliphatic heterocycles. The van der Waals surface area contributed by atoms with Crippen LogP contribution < -0.4 is 11.3 Å². The zero-order chi connectivity index (χ0) is 26.2. The summed E-state index contributed by atoms with van der Waals surface area (Å²) in [6, 6.07) is 16.2. The molecule has 1 unspecified atom stereocenters. The molecule has 0 saturated carbocycles. The molecule has 4 aromatic rings. The predicted octanol–water partition coefficient (Wildman–Crippen LogP) is 2.81. The number of nitrogens with one attached hydrogen (secondary N) is 1. The van der Waals surface area contributed by atoms with E-state index in [9.17, 15) is 23.1 Å². The van der Waals surface area contributed by atoms with Gasteiger partial charge in [0.05, 0.1) is 21.7 Å². The summed E-state index contributed by atoms with van der Waals surface area (Å²) in [5.41, 5.74) is 6.13. The second-order valence-electron chi connectivity index (χ2n) is 8.64. The Hall–Kier alpha value is -4.19. The lowest BCUT2D eigenvalue weighted by atomic mass is 10.0. The first-order chi connectivity index (χ1) is 17.8. The number of aliphatic carboxylic acids is 1. The normalized spacial score (nSPS) is 16.1. The number of carbonyl (C=O) groups excluding carboxylic acids is 1. The molecule has 2 aromatic carbocycles. The average Bonchev–Trinajstić information content (AvgIpc) is 3.44. The van der Waals surface area contributed by atoms with Gasteiger partial charge in [0.1, 0.15) is 6.04 Å². The third-order valence-corrected chi connectivity index (χ3v) is 8.37. The zero-order valence-electron chi connectivity index (χ0n) is 19.5. The third-order valence-electron chi connectivity index (χ3n) is 6.45. The van der Waals surface area contributed by atoms with Crippen LogP contribution >= 0.6 is 0 Å². The summed E-state index contributed by atoms with van der Waals surface area (Å²) in [7, 11) is -3.91. The van der Waals surface area contributed by atoms with Crippen molar-refractivity contribution in [2.75, 3.05) is 6.54 Å². The van der Waals surface area contributed by atoms with E-state index in [1.54, 1.807) is 36.7 Å². The molecule has 0 aliphatic carbocycles. The highest BCUT2D eigenvalue weighted by atomic mass is 32.2. The first-order valence-electron chi connectivity index (χ1n) is 11.5. The van der Waals surface area contributed by atoms with Crippen molar-refractivity contribution in [1.29, 1.82) is 0 Å². The molecule has 1 amide bonds. The summed E-state index contributed by atoms with van der Waals surface area (Å²) in [6.45, 7) is 0.191. The Kier molecular flexibility index (Phi) is 6.42. The van der Waals surface area contributed by atoms with Crippen LogP contribution in [0.15, 0.2) is 78.0 Å². The maximum Gasteiger partial charge on any atom is 0.322 e. The Morgan fingerprint density at radius 2 is 1.65 bits per heavy atom. The monoisotopic (exact) mass is 517 g/mol. The molecule has 0 spiro atoms. The fourth-order valence-corrected chi connectivity index (χ4v) is 6.20. The van der Waals surface area contributed by atoms with Crippen molar-refractivity contribution in [2.24, 2.45) is 5.84 Å². The van der Waals surface area contributed by atoms with Crippen LogP contribution in [0.5, 0.6) is 0 Å². The van der Waals surface area contributed by atoms with Crippen LogP contribution in [0.25, 0.3) is 33.3 Å². The van der Waals surface area contributed by atoms with Crippen LogP contribution in [0.4, 0.5) is 0 Å². The Morgan fingerprint density at radius 3 is 2.30 bits per heavy atom. The molecule has 0 bridgehead atoms. The van der Waals surface area contributed by atoms with Gasteiger partial charge in [-0.1, -0.05) is 36.4 Å². The molecular formula is C26H23N5O5S. The number of sulfonamides is 1. The van der Waals surface area contributed by atoms with Crippen molar-refractivity contribution in [3.8, 4) is 22.4 Å². The molecule has 4 N–H and O–H groups in total. The molecule has 0 radical (unpaired) electrons. The number of fused-ring (bicyclic) bond motifs is 1. The molecule has 1 fully saturated rings. The van der Waals surface area contributed by atoms with Gasteiger partial charge < -0.3 is 5.11 Å². The zero-order valence-corrected chi connectivity index (χ0v) is 20.4. The number of amides is 1. The third kappa shape index (κ3) is 4.55. The van der Waals surface area contributed by atoms with E-state index >= 15 is 0 Å². The minimum atomic E-state index is -3.91. The van der Waals surface area contributed by atoms with Gasteiger partial charge in [0.25, 0.3) is 5.91 Å². The van der Waals surface area contributed by atoms with Crippen LogP contribution in [0.2, 0.25) is 0 Å². The number of hydrogen-bond acceptors (Lipinski definition) is 7. The predicted molar refractivity (Wildman–Crippen MR) is 137 cm³/mol. The molecular weight excluding hydrogens is 494 g/mol. The molecule has 1 aliphatic rings. The number of carboxylic acids is 1. The maximum atomic E-state index is 13.0. The second-order valence-corrected chi connectivity index (χ2v) is 10.5. The summed E-state index contributed by atoms with van der Waals surface area (Å²) >= 11 is 0. The van der Waals surface area contributed by atoms with Crippen molar-refractivity contribution in [3.05, 3.63) is 78.6 Å². The number of nitrogens with zero attached hydrogens (tertiary/aromatic N) is 3. The van der Waals surface area contributed by atoms with Gasteiger partial charge in [-0.2, -0.15) is 4.31 Å². The van der Waals surface area contributed by atoms with E-state index in [0.717, 1.165) is 21.0 Å². The molecule has 2 aromatic heterocycles. The van der Waals surface area contributed by atoms with Crippen LogP contribution in [-0.4, -0.2) is 52.3 Å². The summed E-state index contributed by atoms with van der Waals surface area (Å²) < 4.78 is 27.1. The Bertz CT molecular complexity index is 1610. The highest BCUT2D eigenvalue weighted by Crippen LogP contribution is 2.30. The lowest BCUT2D eigenvalue weighted by Gasteiger charge is -2.21.